The molecule has 1 aromatic heterocycles. The summed E-state index contributed by atoms with van der Waals surface area (Å²) in [5.41, 5.74) is 0.741. The van der Waals surface area contributed by atoms with E-state index in [4.69, 9.17) is 9.15 Å². The van der Waals surface area contributed by atoms with Crippen molar-refractivity contribution in [1.29, 1.82) is 0 Å². The van der Waals surface area contributed by atoms with Gasteiger partial charge < -0.3 is 14.1 Å². The normalized spacial score (nSPS) is 23.0. The van der Waals surface area contributed by atoms with Gasteiger partial charge in [0.1, 0.15) is 5.92 Å². The Kier molecular flexibility index (Phi) is 5.94. The largest absolute Gasteiger partial charge is 0.461 e. The Morgan fingerprint density at radius 2 is 1.90 bits per heavy atom. The van der Waals surface area contributed by atoms with E-state index in [0.29, 0.717) is 26.3 Å². The van der Waals surface area contributed by atoms with Crippen LogP contribution >= 0.6 is 15.9 Å². The van der Waals surface area contributed by atoms with E-state index < -0.39 is 29.4 Å². The molecule has 0 spiro atoms. The minimum Gasteiger partial charge on any atom is -0.461 e. The van der Waals surface area contributed by atoms with Crippen LogP contribution < -0.4 is 0 Å². The first-order valence-electron chi connectivity index (χ1n) is 9.54. The maximum absolute atomic E-state index is 13.1. The van der Waals surface area contributed by atoms with Gasteiger partial charge in [0.25, 0.3) is 5.91 Å². The van der Waals surface area contributed by atoms with Crippen molar-refractivity contribution in [2.75, 3.05) is 39.4 Å². The zero-order valence-electron chi connectivity index (χ0n) is 15.8. The molecule has 2 aliphatic rings. The Labute approximate surface area is 176 Å². The van der Waals surface area contributed by atoms with Gasteiger partial charge in [-0.2, -0.15) is 0 Å². The minimum absolute atomic E-state index is 0.0891. The highest BCUT2D eigenvalue weighted by Gasteiger charge is 2.52. The lowest BCUT2D eigenvalue weighted by molar-refractivity contribution is -0.141. The van der Waals surface area contributed by atoms with Crippen LogP contribution in [0, 0.1) is 5.92 Å². The zero-order valence-corrected chi connectivity index (χ0v) is 17.3. The predicted octanol–water partition coefficient (Wildman–Crippen LogP) is 2.33. The summed E-state index contributed by atoms with van der Waals surface area (Å²) in [5.74, 6) is -2.79. The van der Waals surface area contributed by atoms with Gasteiger partial charge in [-0.1, -0.05) is 28.1 Å². The fourth-order valence-electron chi connectivity index (χ4n) is 3.94. The first kappa shape index (κ1) is 20.0. The number of hydrogen-bond donors (Lipinski definition) is 0. The number of furan rings is 1. The van der Waals surface area contributed by atoms with Gasteiger partial charge in [-0.05, 0) is 29.8 Å². The maximum atomic E-state index is 13.1. The molecule has 2 saturated heterocycles. The van der Waals surface area contributed by atoms with Crippen molar-refractivity contribution in [3.05, 3.63) is 58.5 Å². The third kappa shape index (κ3) is 4.05. The van der Waals surface area contributed by atoms with Crippen LogP contribution in [0.2, 0.25) is 0 Å². The molecular weight excluding hydrogens is 440 g/mol. The molecule has 8 heteroatoms. The number of Topliss-reactive ketones (excluding diaryl/α,β-unsaturated/α-hetero) is 2. The van der Waals surface area contributed by atoms with E-state index in [9.17, 15) is 14.4 Å². The van der Waals surface area contributed by atoms with Gasteiger partial charge in [-0.3, -0.25) is 19.3 Å². The third-order valence-electron chi connectivity index (χ3n) is 5.40. The van der Waals surface area contributed by atoms with E-state index in [2.05, 4.69) is 20.8 Å². The summed E-state index contributed by atoms with van der Waals surface area (Å²) < 4.78 is 11.4. The van der Waals surface area contributed by atoms with Crippen molar-refractivity contribution >= 4 is 33.4 Å². The second-order valence-corrected chi connectivity index (χ2v) is 8.05. The van der Waals surface area contributed by atoms with E-state index in [0.717, 1.165) is 23.1 Å². The van der Waals surface area contributed by atoms with E-state index in [1.807, 2.05) is 24.3 Å². The van der Waals surface area contributed by atoms with Gasteiger partial charge in [-0.15, -0.1) is 0 Å². The van der Waals surface area contributed by atoms with Crippen LogP contribution in [0.25, 0.3) is 0 Å². The van der Waals surface area contributed by atoms with Crippen molar-refractivity contribution in [3.63, 3.8) is 0 Å². The molecule has 0 radical (unpaired) electrons. The molecule has 0 bridgehead atoms. The molecule has 0 N–H and O–H groups in total. The van der Waals surface area contributed by atoms with E-state index in [1.54, 1.807) is 6.07 Å². The smallest absolute Gasteiger partial charge is 0.291 e. The van der Waals surface area contributed by atoms with Crippen molar-refractivity contribution in [1.82, 2.24) is 9.80 Å². The van der Waals surface area contributed by atoms with Crippen LogP contribution in [0.1, 0.15) is 22.2 Å². The van der Waals surface area contributed by atoms with Crippen molar-refractivity contribution in [3.8, 4) is 0 Å². The highest BCUT2D eigenvalue weighted by Crippen LogP contribution is 2.38. The second-order valence-electron chi connectivity index (χ2n) is 7.14. The van der Waals surface area contributed by atoms with E-state index in [-0.39, 0.29) is 5.76 Å². The number of morpholine rings is 1. The lowest BCUT2D eigenvalue weighted by Crippen LogP contribution is -2.42. The van der Waals surface area contributed by atoms with Crippen LogP contribution in [0.15, 0.2) is 51.6 Å². The van der Waals surface area contributed by atoms with Gasteiger partial charge in [0, 0.05) is 30.7 Å². The summed E-state index contributed by atoms with van der Waals surface area (Å²) in [6.45, 7) is 3.86. The molecule has 29 heavy (non-hydrogen) atoms. The molecule has 0 aliphatic carbocycles. The number of ether oxygens (including phenoxy) is 1. The molecule has 2 fully saturated rings. The number of benzene rings is 1. The highest BCUT2D eigenvalue weighted by molar-refractivity contribution is 9.10. The SMILES string of the molecule is O=C1C(=O)N(CCN2CCOCC2)C(c2cccc(Br)c2)C1C(=O)c1ccco1. The summed E-state index contributed by atoms with van der Waals surface area (Å²) in [7, 11) is 0. The standard InChI is InChI=1S/C21H21BrN2O5/c22-15-4-1-3-14(13-15)18-17(19(25)16-5-2-10-29-16)20(26)21(27)24(18)7-6-23-8-11-28-12-9-23/h1-5,10,13,17-18H,6-9,11-12H2. The predicted molar refractivity (Wildman–Crippen MR) is 107 cm³/mol. The number of nitrogens with zero attached hydrogens (tertiary/aromatic N) is 2. The monoisotopic (exact) mass is 460 g/mol. The van der Waals surface area contributed by atoms with E-state index in [1.165, 1.54) is 17.2 Å². The van der Waals surface area contributed by atoms with Crippen LogP contribution in [-0.4, -0.2) is 66.7 Å². The van der Waals surface area contributed by atoms with Gasteiger partial charge >= 0.3 is 0 Å². The van der Waals surface area contributed by atoms with E-state index >= 15 is 0 Å². The Morgan fingerprint density at radius 3 is 2.59 bits per heavy atom. The molecule has 2 atom stereocenters. The molecule has 3 heterocycles. The quantitative estimate of drug-likeness (QED) is 0.373. The van der Waals surface area contributed by atoms with Gasteiger partial charge in [0.05, 0.1) is 25.5 Å². The first-order valence-corrected chi connectivity index (χ1v) is 10.3. The van der Waals surface area contributed by atoms with Crippen LogP contribution in [0.5, 0.6) is 0 Å². The fraction of sp³-hybridized carbons (Fsp3) is 0.381. The Morgan fingerprint density at radius 1 is 1.10 bits per heavy atom. The summed E-state index contributed by atoms with van der Waals surface area (Å²) >= 11 is 3.44. The number of amides is 1. The molecule has 2 aliphatic heterocycles. The molecule has 2 aromatic rings. The number of rotatable bonds is 6. The maximum Gasteiger partial charge on any atom is 0.291 e. The summed E-state index contributed by atoms with van der Waals surface area (Å²) in [6.07, 6.45) is 1.39. The Hall–Kier alpha value is -2.29. The lowest BCUT2D eigenvalue weighted by Gasteiger charge is -2.31. The second kappa shape index (κ2) is 8.61. The average molecular weight is 461 g/mol. The molecular formula is C21H21BrN2O5. The van der Waals surface area contributed by atoms with Crippen LogP contribution in [0.3, 0.4) is 0 Å². The Balaban J connectivity index is 1.65. The molecule has 2 unspecified atom stereocenters. The molecule has 1 amide bonds. The number of likely N-dealkylation sites (tertiary alicyclic amines) is 1. The first-order chi connectivity index (χ1) is 14.1. The molecule has 0 saturated carbocycles. The third-order valence-corrected chi connectivity index (χ3v) is 5.90. The minimum atomic E-state index is -1.12. The van der Waals surface area contributed by atoms with Gasteiger partial charge in [-0.25, -0.2) is 0 Å². The van der Waals surface area contributed by atoms with Crippen LogP contribution in [0.4, 0.5) is 0 Å². The summed E-state index contributed by atoms with van der Waals surface area (Å²) in [4.78, 5) is 42.5. The van der Waals surface area contributed by atoms with Crippen LogP contribution in [-0.2, 0) is 14.3 Å². The fourth-order valence-corrected chi connectivity index (χ4v) is 4.35. The average Bonchev–Trinajstić information content (AvgIpc) is 3.35. The molecule has 152 valence electrons. The van der Waals surface area contributed by atoms with Gasteiger partial charge in [0.15, 0.2) is 5.76 Å². The Bertz CT molecular complexity index is 908. The lowest BCUT2D eigenvalue weighted by atomic mass is 9.88. The molecule has 4 rings (SSSR count). The number of carbonyl (C=O) groups excluding carboxylic acids is 3. The number of hydrogen-bond acceptors (Lipinski definition) is 6. The highest BCUT2D eigenvalue weighted by atomic mass is 79.9. The number of halogens is 1. The van der Waals surface area contributed by atoms with Crippen molar-refractivity contribution in [2.24, 2.45) is 5.92 Å². The molecule has 7 nitrogen and oxygen atoms in total. The number of carbonyl (C=O) groups is 3. The number of ketones is 2. The topological polar surface area (TPSA) is 80.1 Å². The van der Waals surface area contributed by atoms with Gasteiger partial charge in [0.2, 0.25) is 11.6 Å². The van der Waals surface area contributed by atoms with Crippen molar-refractivity contribution in [2.45, 2.75) is 6.04 Å². The van der Waals surface area contributed by atoms with Crippen molar-refractivity contribution < 1.29 is 23.5 Å². The summed E-state index contributed by atoms with van der Waals surface area (Å²) in [6, 6.07) is 9.84. The summed E-state index contributed by atoms with van der Waals surface area (Å²) in [5, 5.41) is 0. The zero-order chi connectivity index (χ0) is 20.4. The molecule has 1 aromatic carbocycles.